The molecule has 0 aromatic carbocycles. The maximum absolute atomic E-state index is 12.7. The molecule has 0 unspecified atom stereocenters. The van der Waals surface area contributed by atoms with Gasteiger partial charge < -0.3 is 9.64 Å². The minimum atomic E-state index is -0.690. The van der Waals surface area contributed by atoms with E-state index in [9.17, 15) is 9.59 Å². The Bertz CT molecular complexity index is 383. The van der Waals surface area contributed by atoms with Gasteiger partial charge in [-0.1, -0.05) is 32.6 Å². The van der Waals surface area contributed by atoms with E-state index >= 15 is 0 Å². The molecule has 1 spiro atoms. The molecule has 0 aromatic rings. The number of ether oxygens (including phenoxy) is 1. The Morgan fingerprint density at radius 2 is 1.90 bits per heavy atom. The van der Waals surface area contributed by atoms with Gasteiger partial charge in [0.1, 0.15) is 12.1 Å². The van der Waals surface area contributed by atoms with Crippen LogP contribution in [-0.2, 0) is 14.3 Å². The minimum absolute atomic E-state index is 0.121. The van der Waals surface area contributed by atoms with Gasteiger partial charge in [0.2, 0.25) is 5.91 Å². The first-order valence-electron chi connectivity index (χ1n) is 7.94. The lowest BCUT2D eigenvalue weighted by Gasteiger charge is -2.54. The smallest absolute Gasteiger partial charge is 0.332 e. The number of nitrogens with zero attached hydrogens (tertiary/aromatic N) is 1. The Kier molecular flexibility index (Phi) is 4.40. The number of amides is 1. The summed E-state index contributed by atoms with van der Waals surface area (Å²) < 4.78 is 5.44. The van der Waals surface area contributed by atoms with Crippen LogP contribution in [0.3, 0.4) is 0 Å². The number of carbonyl (C=O) groups excluding carboxylic acids is 2. The second kappa shape index (κ2) is 5.74. The third kappa shape index (κ3) is 2.57. The molecule has 0 N–H and O–H groups in total. The standard InChI is InChI=1S/C16H27NO3/c1-4-5-9-13(18)17-15(2,3)12-20-14(19)16(17)10-7-6-8-11-16/h4-12H2,1-3H3. The molecule has 4 heteroatoms. The van der Waals surface area contributed by atoms with E-state index in [0.717, 1.165) is 44.9 Å². The van der Waals surface area contributed by atoms with Crippen molar-refractivity contribution in [2.24, 2.45) is 0 Å². The highest BCUT2D eigenvalue weighted by molar-refractivity contribution is 5.90. The van der Waals surface area contributed by atoms with Crippen molar-refractivity contribution in [3.05, 3.63) is 0 Å². The fraction of sp³-hybridized carbons (Fsp3) is 0.875. The SMILES string of the molecule is CCCCC(=O)N1C(C)(C)COC(=O)C12CCCCC2. The van der Waals surface area contributed by atoms with Crippen LogP contribution >= 0.6 is 0 Å². The van der Waals surface area contributed by atoms with E-state index in [-0.39, 0.29) is 11.9 Å². The molecular weight excluding hydrogens is 254 g/mol. The van der Waals surface area contributed by atoms with Crippen LogP contribution in [0.15, 0.2) is 0 Å². The first-order chi connectivity index (χ1) is 9.44. The summed E-state index contributed by atoms with van der Waals surface area (Å²) in [7, 11) is 0. The molecule has 2 fully saturated rings. The first kappa shape index (κ1) is 15.3. The highest BCUT2D eigenvalue weighted by Gasteiger charge is 2.56. The molecule has 1 heterocycles. The maximum Gasteiger partial charge on any atom is 0.332 e. The lowest BCUT2D eigenvalue weighted by atomic mass is 9.76. The molecule has 114 valence electrons. The van der Waals surface area contributed by atoms with Gasteiger partial charge in [-0.3, -0.25) is 4.79 Å². The normalized spacial score (nSPS) is 24.6. The molecule has 2 rings (SSSR count). The van der Waals surface area contributed by atoms with E-state index in [2.05, 4.69) is 6.92 Å². The maximum atomic E-state index is 12.7. The zero-order valence-electron chi connectivity index (χ0n) is 13.0. The Hall–Kier alpha value is -1.06. The summed E-state index contributed by atoms with van der Waals surface area (Å²) in [5, 5.41) is 0. The van der Waals surface area contributed by atoms with Crippen molar-refractivity contribution in [3.8, 4) is 0 Å². The van der Waals surface area contributed by atoms with Gasteiger partial charge in [0.15, 0.2) is 0 Å². The van der Waals surface area contributed by atoms with Crippen molar-refractivity contribution in [3.63, 3.8) is 0 Å². The van der Waals surface area contributed by atoms with Crippen LogP contribution < -0.4 is 0 Å². The van der Waals surface area contributed by atoms with Crippen molar-refractivity contribution in [2.45, 2.75) is 83.2 Å². The summed E-state index contributed by atoms with van der Waals surface area (Å²) in [6.45, 7) is 6.42. The van der Waals surface area contributed by atoms with E-state index in [1.807, 2.05) is 18.7 Å². The molecule has 2 aliphatic rings. The van der Waals surface area contributed by atoms with Crippen LogP contribution in [-0.4, -0.2) is 34.5 Å². The summed E-state index contributed by atoms with van der Waals surface area (Å²) in [5.41, 5.74) is -1.08. The predicted molar refractivity (Wildman–Crippen MR) is 77.2 cm³/mol. The number of cyclic esters (lactones) is 1. The number of rotatable bonds is 3. The molecule has 1 aliphatic carbocycles. The van der Waals surface area contributed by atoms with Crippen molar-refractivity contribution >= 4 is 11.9 Å². The Balaban J connectivity index is 2.32. The zero-order chi connectivity index (χ0) is 14.8. The van der Waals surface area contributed by atoms with Crippen molar-refractivity contribution in [1.29, 1.82) is 0 Å². The van der Waals surface area contributed by atoms with Crippen molar-refractivity contribution < 1.29 is 14.3 Å². The van der Waals surface area contributed by atoms with E-state index in [1.165, 1.54) is 0 Å². The van der Waals surface area contributed by atoms with Gasteiger partial charge in [0.25, 0.3) is 0 Å². The molecule has 0 bridgehead atoms. The second-order valence-electron chi connectivity index (χ2n) is 6.81. The number of unbranched alkanes of at least 4 members (excludes halogenated alkanes) is 1. The van der Waals surface area contributed by atoms with Crippen LogP contribution in [0.2, 0.25) is 0 Å². The van der Waals surface area contributed by atoms with Crippen LogP contribution in [0.25, 0.3) is 0 Å². The Morgan fingerprint density at radius 3 is 2.50 bits per heavy atom. The second-order valence-corrected chi connectivity index (χ2v) is 6.81. The quantitative estimate of drug-likeness (QED) is 0.747. The highest BCUT2D eigenvalue weighted by Crippen LogP contribution is 2.42. The number of hydrogen-bond donors (Lipinski definition) is 0. The largest absolute Gasteiger partial charge is 0.461 e. The van der Waals surface area contributed by atoms with Crippen molar-refractivity contribution in [2.75, 3.05) is 6.61 Å². The molecule has 20 heavy (non-hydrogen) atoms. The fourth-order valence-corrected chi connectivity index (χ4v) is 3.69. The number of carbonyl (C=O) groups is 2. The van der Waals surface area contributed by atoms with Gasteiger partial charge in [0.05, 0.1) is 5.54 Å². The monoisotopic (exact) mass is 281 g/mol. The van der Waals surface area contributed by atoms with Crippen LogP contribution in [0.1, 0.15) is 72.1 Å². The predicted octanol–water partition coefficient (Wildman–Crippen LogP) is 3.04. The van der Waals surface area contributed by atoms with Gasteiger partial charge in [0, 0.05) is 6.42 Å². The third-order valence-corrected chi connectivity index (χ3v) is 4.64. The van der Waals surface area contributed by atoms with Gasteiger partial charge in [-0.15, -0.1) is 0 Å². The average molecular weight is 281 g/mol. The molecule has 4 nitrogen and oxygen atoms in total. The van der Waals surface area contributed by atoms with E-state index in [1.54, 1.807) is 0 Å². The summed E-state index contributed by atoms with van der Waals surface area (Å²) in [6.07, 6.45) is 7.08. The molecule has 0 radical (unpaired) electrons. The molecule has 1 saturated carbocycles. The van der Waals surface area contributed by atoms with E-state index in [4.69, 9.17) is 4.74 Å². The zero-order valence-corrected chi connectivity index (χ0v) is 13.0. The Morgan fingerprint density at radius 1 is 1.25 bits per heavy atom. The van der Waals surface area contributed by atoms with Gasteiger partial charge >= 0.3 is 5.97 Å². The first-order valence-corrected chi connectivity index (χ1v) is 7.94. The molecule has 0 atom stereocenters. The summed E-state index contributed by atoms with van der Waals surface area (Å²) in [6, 6.07) is 0. The summed E-state index contributed by atoms with van der Waals surface area (Å²) >= 11 is 0. The topological polar surface area (TPSA) is 46.6 Å². The van der Waals surface area contributed by atoms with Crippen LogP contribution in [0, 0.1) is 0 Å². The minimum Gasteiger partial charge on any atom is -0.461 e. The lowest BCUT2D eigenvalue weighted by molar-refractivity contribution is -0.195. The Labute approximate surface area is 121 Å². The summed E-state index contributed by atoms with van der Waals surface area (Å²) in [4.78, 5) is 27.0. The van der Waals surface area contributed by atoms with Crippen molar-refractivity contribution in [1.82, 2.24) is 4.90 Å². The molecule has 1 amide bonds. The molecule has 0 aromatic heterocycles. The lowest BCUT2D eigenvalue weighted by Crippen LogP contribution is -2.70. The van der Waals surface area contributed by atoms with Crippen LogP contribution in [0.5, 0.6) is 0 Å². The molecular formula is C16H27NO3. The summed E-state index contributed by atoms with van der Waals surface area (Å²) in [5.74, 6) is -0.0585. The average Bonchev–Trinajstić information content (AvgIpc) is 2.42. The number of morpholine rings is 1. The van der Waals surface area contributed by atoms with Gasteiger partial charge in [-0.25, -0.2) is 4.79 Å². The highest BCUT2D eigenvalue weighted by atomic mass is 16.5. The van der Waals surface area contributed by atoms with E-state index < -0.39 is 11.1 Å². The van der Waals surface area contributed by atoms with E-state index in [0.29, 0.717) is 13.0 Å². The molecule has 1 aliphatic heterocycles. The van der Waals surface area contributed by atoms with Gasteiger partial charge in [-0.2, -0.15) is 0 Å². The fourth-order valence-electron chi connectivity index (χ4n) is 3.69. The third-order valence-electron chi connectivity index (χ3n) is 4.64. The van der Waals surface area contributed by atoms with Gasteiger partial charge in [-0.05, 0) is 33.1 Å². The molecule has 1 saturated heterocycles. The number of hydrogen-bond acceptors (Lipinski definition) is 3. The van der Waals surface area contributed by atoms with Crippen LogP contribution in [0.4, 0.5) is 0 Å². The number of esters is 1.